The summed E-state index contributed by atoms with van der Waals surface area (Å²) in [4.78, 5) is 36.7. The number of rotatable bonds is 6. The molecule has 2 aromatic carbocycles. The molecular formula is C26H22ClFN4O4. The molecule has 1 amide bonds. The van der Waals surface area contributed by atoms with Crippen molar-refractivity contribution >= 4 is 34.6 Å². The SMILES string of the molecule is CN(C)C(=O)C1CC(Oc2nc3nc(-c4ccc(-c5ccc(C(=O)O)cc5F)cc4)c(Cl)cc3[nH]2)C1. The minimum absolute atomic E-state index is 0.0277. The van der Waals surface area contributed by atoms with E-state index in [2.05, 4.69) is 15.0 Å². The van der Waals surface area contributed by atoms with E-state index < -0.39 is 11.8 Å². The molecule has 0 spiro atoms. The molecule has 0 bridgehead atoms. The number of carbonyl (C=O) groups is 2. The fourth-order valence-corrected chi connectivity index (χ4v) is 4.49. The highest BCUT2D eigenvalue weighted by atomic mass is 35.5. The van der Waals surface area contributed by atoms with E-state index in [-0.39, 0.29) is 23.5 Å². The van der Waals surface area contributed by atoms with E-state index in [4.69, 9.17) is 21.4 Å². The standard InChI is InChI=1S/C26H22ClFN4O4/c1-32(2)24(33)16-9-17(10-16)36-26-29-21-12-19(27)22(30-23(21)31-26)14-5-3-13(4-6-14)18-8-7-15(25(34)35)11-20(18)28/h3-8,11-12,16-17H,9-10H2,1-2H3,(H,34,35)(H,29,30,31). The van der Waals surface area contributed by atoms with Crippen molar-refractivity contribution < 1.29 is 23.8 Å². The molecule has 0 atom stereocenters. The van der Waals surface area contributed by atoms with Gasteiger partial charge in [0.1, 0.15) is 11.9 Å². The second-order valence-electron chi connectivity index (χ2n) is 8.95. The number of halogens is 2. The molecule has 0 unspecified atom stereocenters. The van der Waals surface area contributed by atoms with Gasteiger partial charge >= 0.3 is 5.97 Å². The monoisotopic (exact) mass is 508 g/mol. The van der Waals surface area contributed by atoms with Crippen LogP contribution in [0.5, 0.6) is 6.01 Å². The number of carbonyl (C=O) groups excluding carboxylic acids is 1. The highest BCUT2D eigenvalue weighted by molar-refractivity contribution is 6.33. The summed E-state index contributed by atoms with van der Waals surface area (Å²) in [5, 5.41) is 9.43. The molecule has 2 N–H and O–H groups in total. The Morgan fingerprint density at radius 1 is 1.08 bits per heavy atom. The molecule has 5 rings (SSSR count). The first kappa shape index (κ1) is 23.7. The lowest BCUT2D eigenvalue weighted by atomic mass is 9.81. The molecule has 36 heavy (non-hydrogen) atoms. The Kier molecular flexibility index (Phi) is 6.09. The molecular weight excluding hydrogens is 487 g/mol. The number of carboxylic acid groups (broad SMARTS) is 1. The Bertz CT molecular complexity index is 1480. The van der Waals surface area contributed by atoms with E-state index in [1.54, 1.807) is 49.3 Å². The van der Waals surface area contributed by atoms with Crippen LogP contribution in [0.2, 0.25) is 5.02 Å². The summed E-state index contributed by atoms with van der Waals surface area (Å²) in [7, 11) is 3.49. The number of pyridine rings is 1. The van der Waals surface area contributed by atoms with Gasteiger partial charge in [0.15, 0.2) is 5.65 Å². The Hall–Kier alpha value is -3.98. The third-order valence-corrected chi connectivity index (χ3v) is 6.54. The maximum atomic E-state index is 14.4. The zero-order valence-electron chi connectivity index (χ0n) is 19.5. The number of benzene rings is 2. The van der Waals surface area contributed by atoms with Crippen molar-refractivity contribution in [1.29, 1.82) is 0 Å². The molecule has 0 aliphatic heterocycles. The van der Waals surface area contributed by atoms with Crippen molar-refractivity contribution in [3.63, 3.8) is 0 Å². The van der Waals surface area contributed by atoms with Crippen LogP contribution in [-0.2, 0) is 4.79 Å². The molecule has 1 saturated carbocycles. The van der Waals surface area contributed by atoms with Crippen LogP contribution in [0.15, 0.2) is 48.5 Å². The average Bonchev–Trinajstić information content (AvgIpc) is 3.21. The number of imidazole rings is 1. The van der Waals surface area contributed by atoms with Gasteiger partial charge in [0.25, 0.3) is 6.01 Å². The lowest BCUT2D eigenvalue weighted by molar-refractivity contribution is -0.139. The number of hydrogen-bond donors (Lipinski definition) is 2. The molecule has 2 heterocycles. The molecule has 1 aliphatic carbocycles. The van der Waals surface area contributed by atoms with Crippen LogP contribution < -0.4 is 4.74 Å². The zero-order valence-corrected chi connectivity index (χ0v) is 20.2. The Labute approximate surface area is 210 Å². The van der Waals surface area contributed by atoms with Crippen LogP contribution in [0, 0.1) is 11.7 Å². The minimum Gasteiger partial charge on any atom is -0.478 e. The Morgan fingerprint density at radius 3 is 2.42 bits per heavy atom. The maximum Gasteiger partial charge on any atom is 0.335 e. The smallest absolute Gasteiger partial charge is 0.335 e. The lowest BCUT2D eigenvalue weighted by Crippen LogP contribution is -2.43. The van der Waals surface area contributed by atoms with Crippen LogP contribution in [0.25, 0.3) is 33.5 Å². The topological polar surface area (TPSA) is 108 Å². The quantitative estimate of drug-likeness (QED) is 0.378. The summed E-state index contributed by atoms with van der Waals surface area (Å²) in [6, 6.07) is 12.8. The minimum atomic E-state index is -1.19. The summed E-state index contributed by atoms with van der Waals surface area (Å²) in [5.74, 6) is -1.73. The largest absolute Gasteiger partial charge is 0.478 e. The number of aromatic carboxylic acids is 1. The van der Waals surface area contributed by atoms with Crippen LogP contribution in [0.4, 0.5) is 4.39 Å². The van der Waals surface area contributed by atoms with E-state index in [1.807, 2.05) is 0 Å². The number of fused-ring (bicyclic) bond motifs is 1. The zero-order chi connectivity index (χ0) is 25.6. The first-order chi connectivity index (χ1) is 17.2. The van der Waals surface area contributed by atoms with Crippen molar-refractivity contribution in [1.82, 2.24) is 19.9 Å². The van der Waals surface area contributed by atoms with E-state index in [1.165, 1.54) is 12.1 Å². The predicted octanol–water partition coefficient (Wildman–Crippen LogP) is 5.03. The number of carboxylic acids is 1. The first-order valence-corrected chi connectivity index (χ1v) is 11.6. The summed E-state index contributed by atoms with van der Waals surface area (Å²) in [6.07, 6.45) is 1.19. The van der Waals surface area contributed by atoms with Gasteiger partial charge in [0.05, 0.1) is 21.8 Å². The van der Waals surface area contributed by atoms with Gasteiger partial charge in [0.2, 0.25) is 5.91 Å². The van der Waals surface area contributed by atoms with Gasteiger partial charge in [-0.25, -0.2) is 14.2 Å². The Morgan fingerprint density at radius 2 is 1.78 bits per heavy atom. The van der Waals surface area contributed by atoms with Gasteiger partial charge in [-0.15, -0.1) is 0 Å². The van der Waals surface area contributed by atoms with E-state index in [0.29, 0.717) is 57.4 Å². The fourth-order valence-electron chi connectivity index (χ4n) is 4.23. The van der Waals surface area contributed by atoms with E-state index >= 15 is 0 Å². The van der Waals surface area contributed by atoms with Gasteiger partial charge in [-0.3, -0.25) is 4.79 Å². The van der Waals surface area contributed by atoms with Crippen molar-refractivity contribution in [3.05, 3.63) is 64.9 Å². The van der Waals surface area contributed by atoms with E-state index in [0.717, 1.165) is 6.07 Å². The summed E-state index contributed by atoms with van der Waals surface area (Å²) < 4.78 is 20.3. The van der Waals surface area contributed by atoms with E-state index in [9.17, 15) is 14.0 Å². The molecule has 10 heteroatoms. The molecule has 1 fully saturated rings. The second-order valence-corrected chi connectivity index (χ2v) is 9.36. The Balaban J connectivity index is 1.34. The number of aromatic nitrogens is 3. The number of nitrogens with zero attached hydrogens (tertiary/aromatic N) is 3. The van der Waals surface area contributed by atoms with Gasteiger partial charge in [-0.1, -0.05) is 41.9 Å². The summed E-state index contributed by atoms with van der Waals surface area (Å²) >= 11 is 6.50. The van der Waals surface area contributed by atoms with Gasteiger partial charge in [-0.05, 0) is 36.6 Å². The van der Waals surface area contributed by atoms with Crippen molar-refractivity contribution in [2.45, 2.75) is 18.9 Å². The van der Waals surface area contributed by atoms with Crippen molar-refractivity contribution in [2.75, 3.05) is 14.1 Å². The average molecular weight is 509 g/mol. The number of H-pyrrole nitrogens is 1. The number of nitrogens with one attached hydrogen (secondary N) is 1. The third kappa shape index (κ3) is 4.49. The third-order valence-electron chi connectivity index (χ3n) is 6.25. The second kappa shape index (κ2) is 9.23. The molecule has 8 nitrogen and oxygen atoms in total. The molecule has 0 radical (unpaired) electrons. The highest BCUT2D eigenvalue weighted by Gasteiger charge is 2.37. The number of aromatic amines is 1. The maximum absolute atomic E-state index is 14.4. The van der Waals surface area contributed by atoms with Gasteiger partial charge in [0, 0.05) is 31.1 Å². The number of hydrogen-bond acceptors (Lipinski definition) is 5. The van der Waals surface area contributed by atoms with Crippen LogP contribution in [0.1, 0.15) is 23.2 Å². The van der Waals surface area contributed by atoms with Crippen LogP contribution in [-0.4, -0.2) is 57.0 Å². The molecule has 1 aliphatic rings. The number of ether oxygens (including phenoxy) is 1. The molecule has 2 aromatic heterocycles. The van der Waals surface area contributed by atoms with Gasteiger partial charge in [-0.2, -0.15) is 4.98 Å². The van der Waals surface area contributed by atoms with Crippen LogP contribution in [0.3, 0.4) is 0 Å². The highest BCUT2D eigenvalue weighted by Crippen LogP contribution is 2.34. The number of amides is 1. The van der Waals surface area contributed by atoms with Gasteiger partial charge < -0.3 is 19.7 Å². The molecule has 0 saturated heterocycles. The fraction of sp³-hybridized carbons (Fsp3) is 0.231. The summed E-state index contributed by atoms with van der Waals surface area (Å²) in [5.41, 5.74) is 3.05. The lowest BCUT2D eigenvalue weighted by Gasteiger charge is -2.34. The van der Waals surface area contributed by atoms with Crippen molar-refractivity contribution in [3.8, 4) is 28.4 Å². The normalized spacial score (nSPS) is 17.0. The summed E-state index contributed by atoms with van der Waals surface area (Å²) in [6.45, 7) is 0. The first-order valence-electron chi connectivity index (χ1n) is 11.3. The predicted molar refractivity (Wildman–Crippen MR) is 133 cm³/mol. The molecule has 184 valence electrons. The van der Waals surface area contributed by atoms with Crippen molar-refractivity contribution in [2.24, 2.45) is 5.92 Å². The van der Waals surface area contributed by atoms with Crippen LogP contribution >= 0.6 is 11.6 Å². The molecule has 4 aromatic rings.